The van der Waals surface area contributed by atoms with Crippen molar-refractivity contribution in [2.24, 2.45) is 11.8 Å². The molecular formula is C16H21NO4. The van der Waals surface area contributed by atoms with Gasteiger partial charge in [-0.2, -0.15) is 0 Å². The third-order valence-corrected chi connectivity index (χ3v) is 3.84. The summed E-state index contributed by atoms with van der Waals surface area (Å²) in [5, 5.41) is 11.7. The molecule has 1 heterocycles. The molecule has 1 aromatic rings. The monoisotopic (exact) mass is 291 g/mol. The molecule has 1 amide bonds. The number of nitrogens with one attached hydrogen (secondary N) is 1. The van der Waals surface area contributed by atoms with E-state index >= 15 is 0 Å². The van der Waals surface area contributed by atoms with Crippen LogP contribution in [0, 0.1) is 11.8 Å². The number of benzene rings is 1. The van der Waals surface area contributed by atoms with E-state index in [2.05, 4.69) is 19.2 Å². The SMILES string of the molecule is CC(C)[C@H]1OCC[C@H]1CNC(=O)c1ccc(C(=O)O)cc1. The summed E-state index contributed by atoms with van der Waals surface area (Å²) < 4.78 is 5.69. The Morgan fingerprint density at radius 1 is 1.29 bits per heavy atom. The molecule has 0 radical (unpaired) electrons. The number of carbonyl (C=O) groups excluding carboxylic acids is 1. The van der Waals surface area contributed by atoms with Gasteiger partial charge in [0.05, 0.1) is 11.7 Å². The summed E-state index contributed by atoms with van der Waals surface area (Å²) in [5.74, 6) is -0.400. The zero-order chi connectivity index (χ0) is 15.4. The Bertz CT molecular complexity index is 510. The number of hydrogen-bond acceptors (Lipinski definition) is 3. The van der Waals surface area contributed by atoms with Crippen LogP contribution in [0.5, 0.6) is 0 Å². The van der Waals surface area contributed by atoms with Crippen LogP contribution in [0.2, 0.25) is 0 Å². The van der Waals surface area contributed by atoms with Crippen molar-refractivity contribution in [1.29, 1.82) is 0 Å². The van der Waals surface area contributed by atoms with Gasteiger partial charge in [-0.1, -0.05) is 13.8 Å². The smallest absolute Gasteiger partial charge is 0.335 e. The minimum Gasteiger partial charge on any atom is -0.478 e. The van der Waals surface area contributed by atoms with Crippen LogP contribution < -0.4 is 5.32 Å². The maximum Gasteiger partial charge on any atom is 0.335 e. The first kappa shape index (κ1) is 15.5. The maximum absolute atomic E-state index is 12.1. The van der Waals surface area contributed by atoms with Crippen molar-refractivity contribution in [3.05, 3.63) is 35.4 Å². The molecule has 0 aliphatic carbocycles. The van der Waals surface area contributed by atoms with Gasteiger partial charge in [-0.15, -0.1) is 0 Å². The Kier molecular flexibility index (Phi) is 4.96. The molecule has 0 aromatic heterocycles. The minimum absolute atomic E-state index is 0.176. The Morgan fingerprint density at radius 2 is 1.90 bits per heavy atom. The fourth-order valence-corrected chi connectivity index (χ4v) is 2.70. The summed E-state index contributed by atoms with van der Waals surface area (Å²) >= 11 is 0. The molecular weight excluding hydrogens is 270 g/mol. The molecule has 1 aliphatic rings. The van der Waals surface area contributed by atoms with E-state index in [1.165, 1.54) is 24.3 Å². The second-order valence-corrected chi connectivity index (χ2v) is 5.72. The van der Waals surface area contributed by atoms with Gasteiger partial charge in [0.1, 0.15) is 0 Å². The second kappa shape index (κ2) is 6.72. The highest BCUT2D eigenvalue weighted by Crippen LogP contribution is 2.26. The highest BCUT2D eigenvalue weighted by molar-refractivity contribution is 5.95. The maximum atomic E-state index is 12.1. The second-order valence-electron chi connectivity index (χ2n) is 5.72. The van der Waals surface area contributed by atoms with E-state index in [0.717, 1.165) is 13.0 Å². The number of amides is 1. The molecule has 114 valence electrons. The van der Waals surface area contributed by atoms with Gasteiger partial charge in [-0.3, -0.25) is 4.79 Å². The molecule has 0 unspecified atom stereocenters. The zero-order valence-corrected chi connectivity index (χ0v) is 12.3. The quantitative estimate of drug-likeness (QED) is 0.872. The standard InChI is InChI=1S/C16H21NO4/c1-10(2)14-13(7-8-21-14)9-17-15(18)11-3-5-12(6-4-11)16(19)20/h3-6,10,13-14H,7-9H2,1-2H3,(H,17,18)(H,19,20)/t13-,14+/m0/s1. The summed E-state index contributed by atoms with van der Waals surface area (Å²) in [6.45, 7) is 5.57. The van der Waals surface area contributed by atoms with Crippen LogP contribution in [0.3, 0.4) is 0 Å². The number of aromatic carboxylic acids is 1. The summed E-state index contributed by atoms with van der Waals surface area (Å²) in [6.07, 6.45) is 1.15. The van der Waals surface area contributed by atoms with Gasteiger partial charge < -0.3 is 15.2 Å². The van der Waals surface area contributed by atoms with Crippen LogP contribution in [-0.2, 0) is 4.74 Å². The molecule has 1 fully saturated rings. The van der Waals surface area contributed by atoms with Crippen LogP contribution >= 0.6 is 0 Å². The van der Waals surface area contributed by atoms with Gasteiger partial charge in [0, 0.05) is 24.6 Å². The van der Waals surface area contributed by atoms with Gasteiger partial charge in [0.15, 0.2) is 0 Å². The molecule has 1 aromatic carbocycles. The molecule has 2 rings (SSSR count). The lowest BCUT2D eigenvalue weighted by atomic mass is 9.93. The molecule has 2 N–H and O–H groups in total. The first-order chi connectivity index (χ1) is 9.99. The van der Waals surface area contributed by atoms with Crippen LogP contribution in [0.15, 0.2) is 24.3 Å². The molecule has 0 saturated carbocycles. The van der Waals surface area contributed by atoms with Crippen molar-refractivity contribution in [1.82, 2.24) is 5.32 Å². The Balaban J connectivity index is 1.91. The molecule has 1 aliphatic heterocycles. The van der Waals surface area contributed by atoms with Gasteiger partial charge in [0.2, 0.25) is 0 Å². The van der Waals surface area contributed by atoms with Gasteiger partial charge in [0.25, 0.3) is 5.91 Å². The lowest BCUT2D eigenvalue weighted by Crippen LogP contribution is -2.34. The number of hydrogen-bond donors (Lipinski definition) is 2. The first-order valence-corrected chi connectivity index (χ1v) is 7.22. The molecule has 5 nitrogen and oxygen atoms in total. The van der Waals surface area contributed by atoms with E-state index in [1.54, 1.807) is 0 Å². The zero-order valence-electron chi connectivity index (χ0n) is 12.3. The van der Waals surface area contributed by atoms with E-state index in [9.17, 15) is 9.59 Å². The number of carboxylic acid groups (broad SMARTS) is 1. The van der Waals surface area contributed by atoms with Gasteiger partial charge in [-0.25, -0.2) is 4.79 Å². The summed E-state index contributed by atoms with van der Waals surface area (Å²) in [5.41, 5.74) is 0.649. The van der Waals surface area contributed by atoms with Crippen LogP contribution in [0.1, 0.15) is 41.0 Å². The van der Waals surface area contributed by atoms with Crippen molar-refractivity contribution in [3.63, 3.8) is 0 Å². The molecule has 1 saturated heterocycles. The Morgan fingerprint density at radius 3 is 2.48 bits per heavy atom. The summed E-state index contributed by atoms with van der Waals surface area (Å²) in [6, 6.07) is 5.94. The van der Waals surface area contributed by atoms with Crippen LogP contribution in [-0.4, -0.2) is 36.2 Å². The molecule has 21 heavy (non-hydrogen) atoms. The van der Waals surface area contributed by atoms with E-state index < -0.39 is 5.97 Å². The highest BCUT2D eigenvalue weighted by atomic mass is 16.5. The molecule has 5 heteroatoms. The predicted octanol–water partition coefficient (Wildman–Crippen LogP) is 2.18. The third kappa shape index (κ3) is 3.82. The summed E-state index contributed by atoms with van der Waals surface area (Å²) in [4.78, 5) is 22.8. The van der Waals surface area contributed by atoms with Crippen LogP contribution in [0.25, 0.3) is 0 Å². The fraction of sp³-hybridized carbons (Fsp3) is 0.500. The topological polar surface area (TPSA) is 75.6 Å². The molecule has 0 spiro atoms. The number of carbonyl (C=O) groups is 2. The van der Waals surface area contributed by atoms with E-state index in [-0.39, 0.29) is 17.6 Å². The Hall–Kier alpha value is -1.88. The van der Waals surface area contributed by atoms with Crippen molar-refractivity contribution < 1.29 is 19.4 Å². The van der Waals surface area contributed by atoms with E-state index in [1.807, 2.05) is 0 Å². The Labute approximate surface area is 124 Å². The van der Waals surface area contributed by atoms with Crippen molar-refractivity contribution in [2.45, 2.75) is 26.4 Å². The highest BCUT2D eigenvalue weighted by Gasteiger charge is 2.30. The van der Waals surface area contributed by atoms with Crippen molar-refractivity contribution in [2.75, 3.05) is 13.2 Å². The fourth-order valence-electron chi connectivity index (χ4n) is 2.70. The van der Waals surface area contributed by atoms with Crippen molar-refractivity contribution >= 4 is 11.9 Å². The van der Waals surface area contributed by atoms with Crippen molar-refractivity contribution in [3.8, 4) is 0 Å². The number of rotatable bonds is 5. The lowest BCUT2D eigenvalue weighted by Gasteiger charge is -2.22. The first-order valence-electron chi connectivity index (χ1n) is 7.22. The minimum atomic E-state index is -0.996. The largest absolute Gasteiger partial charge is 0.478 e. The van der Waals surface area contributed by atoms with E-state index in [4.69, 9.17) is 9.84 Å². The number of ether oxygens (including phenoxy) is 1. The third-order valence-electron chi connectivity index (χ3n) is 3.84. The normalized spacial score (nSPS) is 21.5. The molecule has 2 atom stereocenters. The number of carboxylic acids is 1. The van der Waals surface area contributed by atoms with Crippen LogP contribution in [0.4, 0.5) is 0 Å². The van der Waals surface area contributed by atoms with E-state index in [0.29, 0.717) is 23.9 Å². The summed E-state index contributed by atoms with van der Waals surface area (Å²) in [7, 11) is 0. The lowest BCUT2D eigenvalue weighted by molar-refractivity contribution is 0.0533. The van der Waals surface area contributed by atoms with Gasteiger partial charge >= 0.3 is 5.97 Å². The molecule has 0 bridgehead atoms. The van der Waals surface area contributed by atoms with Gasteiger partial charge in [-0.05, 0) is 36.6 Å². The average Bonchev–Trinajstić information content (AvgIpc) is 2.93. The predicted molar refractivity (Wildman–Crippen MR) is 78.4 cm³/mol. The average molecular weight is 291 g/mol.